The van der Waals surface area contributed by atoms with E-state index in [2.05, 4.69) is 15.9 Å². The van der Waals surface area contributed by atoms with Crippen LogP contribution in [0.3, 0.4) is 0 Å². The van der Waals surface area contributed by atoms with E-state index in [1.165, 1.54) is 0 Å². The summed E-state index contributed by atoms with van der Waals surface area (Å²) in [4.78, 5) is 0. The van der Waals surface area contributed by atoms with Gasteiger partial charge in [0.2, 0.25) is 5.76 Å². The minimum Gasteiger partial charge on any atom is -0.504 e. The number of hydrogen-bond donors (Lipinski definition) is 2. The molecule has 0 aliphatic carbocycles. The Bertz CT molecular complexity index is 553. The summed E-state index contributed by atoms with van der Waals surface area (Å²) in [6, 6.07) is 5.26. The topological polar surface area (TPSA) is 66.5 Å². The third-order valence-electron chi connectivity index (χ3n) is 2.12. The molecule has 0 saturated heterocycles. The van der Waals surface area contributed by atoms with Gasteiger partial charge in [-0.05, 0) is 25.1 Å². The fraction of sp³-hybridized carbons (Fsp3) is 0.182. The molecule has 0 radical (unpaired) electrons. The number of benzene rings is 1. The summed E-state index contributed by atoms with van der Waals surface area (Å²) in [6.07, 6.45) is 0. The number of ether oxygens (including phenoxy) is 1. The molecule has 0 bridgehead atoms. The second-order valence-electron chi connectivity index (χ2n) is 3.18. The van der Waals surface area contributed by atoms with Gasteiger partial charge < -0.3 is 14.3 Å². The van der Waals surface area contributed by atoms with Gasteiger partial charge in [0.05, 0.1) is 12.0 Å². The average molecular weight is 321 g/mol. The highest BCUT2D eigenvalue weighted by atomic mass is 79.9. The molecule has 0 spiro atoms. The van der Waals surface area contributed by atoms with Gasteiger partial charge in [0.15, 0.2) is 5.75 Å². The summed E-state index contributed by atoms with van der Waals surface area (Å²) < 4.78 is 11.2. The molecule has 0 unspecified atom stereocenters. The number of hydrogen-bond acceptors (Lipinski definition) is 4. The quantitative estimate of drug-likeness (QED) is 0.655. The molecule has 17 heavy (non-hydrogen) atoms. The van der Waals surface area contributed by atoms with Gasteiger partial charge in [-0.25, -0.2) is 0 Å². The molecule has 0 aliphatic heterocycles. The summed E-state index contributed by atoms with van der Waals surface area (Å²) in [5.41, 5.74) is 0.528. The first-order valence-corrected chi connectivity index (χ1v) is 5.55. The molecule has 6 heteroatoms. The third-order valence-corrected chi connectivity index (χ3v) is 2.61. The molecule has 4 nitrogen and oxygen atoms in total. The number of aromatic hydroxyl groups is 1. The van der Waals surface area contributed by atoms with Crippen molar-refractivity contribution < 1.29 is 14.3 Å². The van der Waals surface area contributed by atoms with Gasteiger partial charge in [-0.2, -0.15) is 0 Å². The first kappa shape index (κ1) is 13.9. The monoisotopic (exact) mass is 319 g/mol. The van der Waals surface area contributed by atoms with Crippen LogP contribution < -0.4 is 0 Å². The van der Waals surface area contributed by atoms with E-state index in [1.54, 1.807) is 25.1 Å². The van der Waals surface area contributed by atoms with Crippen molar-refractivity contribution in [1.29, 1.82) is 5.41 Å². The van der Waals surface area contributed by atoms with Crippen LogP contribution in [0.1, 0.15) is 12.7 Å². The van der Waals surface area contributed by atoms with Gasteiger partial charge in [-0.1, -0.05) is 15.9 Å². The molecule has 1 aromatic heterocycles. The van der Waals surface area contributed by atoms with Crippen LogP contribution in [0.2, 0.25) is 0 Å². The Morgan fingerprint density at radius 3 is 2.88 bits per heavy atom. The van der Waals surface area contributed by atoms with E-state index < -0.39 is 0 Å². The Balaban J connectivity index is 0.00000144. The van der Waals surface area contributed by atoms with Crippen molar-refractivity contribution in [2.45, 2.75) is 6.92 Å². The highest BCUT2D eigenvalue weighted by molar-refractivity contribution is 9.10. The van der Waals surface area contributed by atoms with E-state index in [1.807, 2.05) is 0 Å². The summed E-state index contributed by atoms with van der Waals surface area (Å²) in [5.74, 6) is -0.156. The van der Waals surface area contributed by atoms with Crippen LogP contribution in [0.4, 0.5) is 0 Å². The summed E-state index contributed by atoms with van der Waals surface area (Å²) in [7, 11) is 0. The Morgan fingerprint density at radius 2 is 2.24 bits per heavy atom. The Hall–Kier alpha value is -1.20. The second-order valence-corrected chi connectivity index (χ2v) is 4.10. The number of rotatable bonds is 2. The normalized spacial score (nSPS) is 10.0. The third kappa shape index (κ3) is 2.56. The van der Waals surface area contributed by atoms with E-state index in [0.717, 1.165) is 4.47 Å². The number of halogens is 2. The lowest BCUT2D eigenvalue weighted by Gasteiger charge is -2.00. The maximum atomic E-state index is 9.88. The number of nitrogens with one attached hydrogen (secondary N) is 1. The number of fused-ring (bicyclic) bond motifs is 1. The van der Waals surface area contributed by atoms with Crippen molar-refractivity contribution in [2.75, 3.05) is 6.61 Å². The fourth-order valence-corrected chi connectivity index (χ4v) is 1.78. The molecule has 0 fully saturated rings. The van der Waals surface area contributed by atoms with Gasteiger partial charge in [-0.3, -0.25) is 5.41 Å². The first-order chi connectivity index (χ1) is 7.63. The maximum absolute atomic E-state index is 9.88. The van der Waals surface area contributed by atoms with Crippen molar-refractivity contribution in [2.24, 2.45) is 0 Å². The van der Waals surface area contributed by atoms with Crippen LogP contribution in [-0.2, 0) is 4.74 Å². The summed E-state index contributed by atoms with van der Waals surface area (Å²) >= 11 is 3.31. The van der Waals surface area contributed by atoms with Gasteiger partial charge in [0.1, 0.15) is 5.58 Å². The van der Waals surface area contributed by atoms with Crippen molar-refractivity contribution in [3.05, 3.63) is 28.4 Å². The van der Waals surface area contributed by atoms with Gasteiger partial charge >= 0.3 is 0 Å². The molecular formula is C11H11BrClNO3. The lowest BCUT2D eigenvalue weighted by Crippen LogP contribution is -2.03. The fourth-order valence-electron chi connectivity index (χ4n) is 1.42. The van der Waals surface area contributed by atoms with E-state index in [-0.39, 0.29) is 29.8 Å². The van der Waals surface area contributed by atoms with Crippen molar-refractivity contribution in [3.8, 4) is 5.75 Å². The van der Waals surface area contributed by atoms with Gasteiger partial charge in [0, 0.05) is 4.47 Å². The van der Waals surface area contributed by atoms with Crippen LogP contribution in [0.5, 0.6) is 5.75 Å². The van der Waals surface area contributed by atoms with E-state index in [4.69, 9.17) is 14.6 Å². The molecule has 0 saturated carbocycles. The lowest BCUT2D eigenvalue weighted by molar-refractivity contribution is 0.314. The van der Waals surface area contributed by atoms with E-state index >= 15 is 0 Å². The van der Waals surface area contributed by atoms with Crippen LogP contribution >= 0.6 is 28.3 Å². The highest BCUT2D eigenvalue weighted by Gasteiger charge is 2.18. The molecule has 2 rings (SSSR count). The largest absolute Gasteiger partial charge is 0.504 e. The Labute approximate surface area is 113 Å². The highest BCUT2D eigenvalue weighted by Crippen LogP contribution is 2.34. The number of furan rings is 1. The molecule has 2 aromatic rings. The molecule has 1 aromatic carbocycles. The van der Waals surface area contributed by atoms with Crippen LogP contribution in [0, 0.1) is 5.41 Å². The van der Waals surface area contributed by atoms with Gasteiger partial charge in [0.25, 0.3) is 5.90 Å². The predicted octanol–water partition coefficient (Wildman–Crippen LogP) is 3.68. The first-order valence-electron chi connectivity index (χ1n) is 4.76. The standard InChI is InChI=1S/C11H10BrNO3.ClH/c1-2-15-11(13)10-9(14)7-5-6(12)3-4-8(7)16-10;/h3-5,13-14H,2H2,1H3;1H. The molecular weight excluding hydrogens is 309 g/mol. The van der Waals surface area contributed by atoms with E-state index in [0.29, 0.717) is 17.6 Å². The van der Waals surface area contributed by atoms with Crippen LogP contribution in [-0.4, -0.2) is 17.6 Å². The molecule has 0 amide bonds. The Kier molecular flexibility index (Phi) is 4.42. The zero-order valence-electron chi connectivity index (χ0n) is 8.99. The SMILES string of the molecule is CCOC(=N)c1oc2ccc(Br)cc2c1O.Cl. The molecule has 0 atom stereocenters. The van der Waals surface area contributed by atoms with Crippen molar-refractivity contribution in [3.63, 3.8) is 0 Å². The second kappa shape index (κ2) is 5.42. The summed E-state index contributed by atoms with van der Waals surface area (Å²) in [5, 5.41) is 18.0. The van der Waals surface area contributed by atoms with E-state index in [9.17, 15) is 5.11 Å². The molecule has 1 heterocycles. The minimum atomic E-state index is -0.160. The Morgan fingerprint density at radius 1 is 1.53 bits per heavy atom. The molecule has 0 aliphatic rings. The maximum Gasteiger partial charge on any atom is 0.254 e. The zero-order chi connectivity index (χ0) is 11.7. The van der Waals surface area contributed by atoms with Crippen molar-refractivity contribution >= 4 is 45.2 Å². The predicted molar refractivity (Wildman–Crippen MR) is 71.3 cm³/mol. The lowest BCUT2D eigenvalue weighted by atomic mass is 10.2. The van der Waals surface area contributed by atoms with Crippen LogP contribution in [0.25, 0.3) is 11.0 Å². The molecule has 2 N–H and O–H groups in total. The average Bonchev–Trinajstić information content (AvgIpc) is 2.57. The van der Waals surface area contributed by atoms with Gasteiger partial charge in [-0.15, -0.1) is 12.4 Å². The van der Waals surface area contributed by atoms with Crippen molar-refractivity contribution in [1.82, 2.24) is 0 Å². The summed E-state index contributed by atoms with van der Waals surface area (Å²) in [6.45, 7) is 2.13. The van der Waals surface area contributed by atoms with Crippen LogP contribution in [0.15, 0.2) is 27.1 Å². The zero-order valence-corrected chi connectivity index (χ0v) is 11.4. The smallest absolute Gasteiger partial charge is 0.254 e. The molecule has 92 valence electrons. The minimum absolute atomic E-state index is 0.